The van der Waals surface area contributed by atoms with E-state index in [9.17, 15) is 0 Å². The summed E-state index contributed by atoms with van der Waals surface area (Å²) in [4.78, 5) is 3.34. The molecule has 0 aliphatic rings. The summed E-state index contributed by atoms with van der Waals surface area (Å²) in [5.74, 6) is 0. The van der Waals surface area contributed by atoms with Gasteiger partial charge in [-0.15, -0.1) is 0 Å². The Morgan fingerprint density at radius 3 is 2.60 bits per heavy atom. The van der Waals surface area contributed by atoms with Gasteiger partial charge in [0.05, 0.1) is 0 Å². The molecule has 2 aromatic rings. The molecule has 1 aromatic carbocycles. The lowest BCUT2D eigenvalue weighted by Gasteiger charge is -2.00. The first-order valence-corrected chi connectivity index (χ1v) is 5.94. The molecule has 1 nitrogen and oxygen atoms in total. The molecule has 0 saturated heterocycles. The minimum atomic E-state index is 1.18. The van der Waals surface area contributed by atoms with Crippen LogP contribution in [-0.4, -0.2) is 4.98 Å². The van der Waals surface area contributed by atoms with Gasteiger partial charge in [0.2, 0.25) is 0 Å². The number of rotatable bonds is 4. The molecule has 1 N–H and O–H groups in total. The fourth-order valence-corrected chi connectivity index (χ4v) is 2.15. The third-order valence-electron chi connectivity index (χ3n) is 2.89. The molecule has 80 valence electrons. The van der Waals surface area contributed by atoms with Crippen LogP contribution in [0, 0.1) is 0 Å². The Hall–Kier alpha value is -1.24. The highest BCUT2D eigenvalue weighted by Crippen LogP contribution is 2.21. The molecule has 0 radical (unpaired) electrons. The van der Waals surface area contributed by atoms with Crippen LogP contribution in [0.15, 0.2) is 24.4 Å². The van der Waals surface area contributed by atoms with Gasteiger partial charge in [-0.05, 0) is 36.1 Å². The monoisotopic (exact) mass is 201 g/mol. The highest BCUT2D eigenvalue weighted by molar-refractivity contribution is 5.83. The predicted octanol–water partition coefficient (Wildman–Crippen LogP) is 4.07. The molecule has 0 amide bonds. The number of fused-ring (bicyclic) bond motifs is 1. The van der Waals surface area contributed by atoms with Gasteiger partial charge in [-0.2, -0.15) is 0 Å². The molecular weight excluding hydrogens is 182 g/mol. The zero-order chi connectivity index (χ0) is 10.7. The second kappa shape index (κ2) is 4.52. The molecule has 0 aliphatic carbocycles. The van der Waals surface area contributed by atoms with E-state index in [1.165, 1.54) is 47.7 Å². The van der Waals surface area contributed by atoms with Crippen LogP contribution in [0.2, 0.25) is 0 Å². The largest absolute Gasteiger partial charge is 0.361 e. The minimum absolute atomic E-state index is 1.18. The van der Waals surface area contributed by atoms with Gasteiger partial charge in [-0.25, -0.2) is 0 Å². The summed E-state index contributed by atoms with van der Waals surface area (Å²) < 4.78 is 0. The second-order valence-corrected chi connectivity index (χ2v) is 4.19. The molecule has 1 heterocycles. The van der Waals surface area contributed by atoms with Gasteiger partial charge in [0.25, 0.3) is 0 Å². The fourth-order valence-electron chi connectivity index (χ4n) is 2.15. The Labute approximate surface area is 91.5 Å². The van der Waals surface area contributed by atoms with Crippen molar-refractivity contribution in [1.29, 1.82) is 0 Å². The SMILES string of the molecule is CCCc1ccc2[nH]cc(CCC)c2c1. The minimum Gasteiger partial charge on any atom is -0.361 e. The van der Waals surface area contributed by atoms with Crippen LogP contribution in [0.25, 0.3) is 10.9 Å². The van der Waals surface area contributed by atoms with Gasteiger partial charge in [0.1, 0.15) is 0 Å². The first-order chi connectivity index (χ1) is 7.35. The normalized spacial score (nSPS) is 11.1. The van der Waals surface area contributed by atoms with Crippen LogP contribution in [0.4, 0.5) is 0 Å². The van der Waals surface area contributed by atoms with E-state index in [1.807, 2.05) is 0 Å². The van der Waals surface area contributed by atoms with E-state index < -0.39 is 0 Å². The van der Waals surface area contributed by atoms with Crippen LogP contribution in [-0.2, 0) is 12.8 Å². The van der Waals surface area contributed by atoms with E-state index in [0.717, 1.165) is 0 Å². The van der Waals surface area contributed by atoms with Gasteiger partial charge in [-0.1, -0.05) is 32.8 Å². The Balaban J connectivity index is 2.42. The summed E-state index contributed by atoms with van der Waals surface area (Å²) in [7, 11) is 0. The average Bonchev–Trinajstić information content (AvgIpc) is 2.63. The fraction of sp³-hybridized carbons (Fsp3) is 0.429. The lowest BCUT2D eigenvalue weighted by molar-refractivity contribution is 0.920. The lowest BCUT2D eigenvalue weighted by Crippen LogP contribution is -1.84. The van der Waals surface area contributed by atoms with Crippen molar-refractivity contribution in [3.05, 3.63) is 35.5 Å². The van der Waals surface area contributed by atoms with Crippen molar-refractivity contribution in [2.45, 2.75) is 39.5 Å². The molecule has 2 rings (SSSR count). The van der Waals surface area contributed by atoms with Crippen molar-refractivity contribution >= 4 is 10.9 Å². The van der Waals surface area contributed by atoms with Crippen molar-refractivity contribution in [2.75, 3.05) is 0 Å². The maximum Gasteiger partial charge on any atom is 0.0456 e. The second-order valence-electron chi connectivity index (χ2n) is 4.19. The topological polar surface area (TPSA) is 15.8 Å². The van der Waals surface area contributed by atoms with Crippen LogP contribution in [0.5, 0.6) is 0 Å². The van der Waals surface area contributed by atoms with Crippen molar-refractivity contribution in [2.24, 2.45) is 0 Å². The van der Waals surface area contributed by atoms with Gasteiger partial charge < -0.3 is 4.98 Å². The highest BCUT2D eigenvalue weighted by Gasteiger charge is 2.03. The number of hydrogen-bond donors (Lipinski definition) is 1. The molecule has 0 atom stereocenters. The van der Waals surface area contributed by atoms with E-state index in [2.05, 4.69) is 43.2 Å². The van der Waals surface area contributed by atoms with E-state index >= 15 is 0 Å². The highest BCUT2D eigenvalue weighted by atomic mass is 14.7. The molecule has 0 spiro atoms. The molecule has 0 saturated carbocycles. The molecule has 0 bridgehead atoms. The van der Waals surface area contributed by atoms with Gasteiger partial charge in [0.15, 0.2) is 0 Å². The van der Waals surface area contributed by atoms with Crippen LogP contribution < -0.4 is 0 Å². The third-order valence-corrected chi connectivity index (χ3v) is 2.89. The van der Waals surface area contributed by atoms with E-state index in [0.29, 0.717) is 0 Å². The quantitative estimate of drug-likeness (QED) is 0.767. The summed E-state index contributed by atoms with van der Waals surface area (Å²) >= 11 is 0. The number of hydrogen-bond acceptors (Lipinski definition) is 0. The zero-order valence-corrected chi connectivity index (χ0v) is 9.64. The number of nitrogens with one attached hydrogen (secondary N) is 1. The summed E-state index contributed by atoms with van der Waals surface area (Å²) in [5.41, 5.74) is 4.20. The molecule has 15 heavy (non-hydrogen) atoms. The van der Waals surface area contributed by atoms with E-state index in [4.69, 9.17) is 0 Å². The molecular formula is C14H19N. The lowest BCUT2D eigenvalue weighted by atomic mass is 10.0. The smallest absolute Gasteiger partial charge is 0.0456 e. The third kappa shape index (κ3) is 2.06. The van der Waals surface area contributed by atoms with E-state index in [1.54, 1.807) is 0 Å². The van der Waals surface area contributed by atoms with Gasteiger partial charge >= 0.3 is 0 Å². The molecule has 0 aliphatic heterocycles. The molecule has 1 aromatic heterocycles. The first-order valence-electron chi connectivity index (χ1n) is 5.94. The Morgan fingerprint density at radius 1 is 1.07 bits per heavy atom. The van der Waals surface area contributed by atoms with Crippen molar-refractivity contribution in [1.82, 2.24) is 4.98 Å². The van der Waals surface area contributed by atoms with Gasteiger partial charge in [-0.3, -0.25) is 0 Å². The first kappa shape index (κ1) is 10.3. The molecule has 1 heteroatoms. The van der Waals surface area contributed by atoms with Gasteiger partial charge in [0, 0.05) is 17.1 Å². The summed E-state index contributed by atoms with van der Waals surface area (Å²) in [6.07, 6.45) is 6.95. The van der Waals surface area contributed by atoms with Crippen molar-refractivity contribution in [3.63, 3.8) is 0 Å². The molecule has 0 unspecified atom stereocenters. The van der Waals surface area contributed by atoms with Crippen molar-refractivity contribution < 1.29 is 0 Å². The van der Waals surface area contributed by atoms with Crippen LogP contribution in [0.3, 0.4) is 0 Å². The Kier molecular flexibility index (Phi) is 3.10. The zero-order valence-electron chi connectivity index (χ0n) is 9.64. The van der Waals surface area contributed by atoms with Crippen LogP contribution in [0.1, 0.15) is 37.8 Å². The summed E-state index contributed by atoms with van der Waals surface area (Å²) in [5, 5.41) is 1.42. The summed E-state index contributed by atoms with van der Waals surface area (Å²) in [6, 6.07) is 6.79. The Bertz CT molecular complexity index is 440. The standard InChI is InChI=1S/C14H19N/c1-3-5-11-7-8-14-13(9-11)12(6-4-2)10-15-14/h7-10,15H,3-6H2,1-2H3. The number of benzene rings is 1. The summed E-state index contributed by atoms with van der Waals surface area (Å²) in [6.45, 7) is 4.46. The molecule has 0 fully saturated rings. The van der Waals surface area contributed by atoms with E-state index in [-0.39, 0.29) is 0 Å². The number of aromatic nitrogens is 1. The maximum absolute atomic E-state index is 3.34. The van der Waals surface area contributed by atoms with Crippen LogP contribution >= 0.6 is 0 Å². The maximum atomic E-state index is 3.34. The Morgan fingerprint density at radius 2 is 1.87 bits per heavy atom. The average molecular weight is 201 g/mol. The number of aromatic amines is 1. The predicted molar refractivity (Wildman–Crippen MR) is 66.3 cm³/mol. The number of H-pyrrole nitrogens is 1. The number of aryl methyl sites for hydroxylation is 2. The van der Waals surface area contributed by atoms with Crippen molar-refractivity contribution in [3.8, 4) is 0 Å².